The SMILES string of the molecule is O=C(Cc1csc(-c2ccccc2)n1)NCCc1cccc(Cl)c1. The van der Waals surface area contributed by atoms with E-state index in [4.69, 9.17) is 11.6 Å². The monoisotopic (exact) mass is 356 g/mol. The Morgan fingerprint density at radius 1 is 1.12 bits per heavy atom. The molecule has 3 aromatic rings. The van der Waals surface area contributed by atoms with Gasteiger partial charge in [-0.05, 0) is 24.1 Å². The number of hydrogen-bond donors (Lipinski definition) is 1. The molecule has 3 nitrogen and oxygen atoms in total. The fourth-order valence-electron chi connectivity index (χ4n) is 2.37. The zero-order valence-electron chi connectivity index (χ0n) is 13.0. The van der Waals surface area contributed by atoms with Gasteiger partial charge in [0.2, 0.25) is 5.91 Å². The van der Waals surface area contributed by atoms with Crippen LogP contribution in [0.1, 0.15) is 11.3 Å². The molecule has 1 amide bonds. The van der Waals surface area contributed by atoms with E-state index >= 15 is 0 Å². The predicted octanol–water partition coefficient (Wildman–Crippen LogP) is 4.36. The Morgan fingerprint density at radius 2 is 1.96 bits per heavy atom. The molecule has 0 unspecified atom stereocenters. The molecule has 1 N–H and O–H groups in total. The topological polar surface area (TPSA) is 42.0 Å². The van der Waals surface area contributed by atoms with Crippen LogP contribution in [0.2, 0.25) is 5.02 Å². The summed E-state index contributed by atoms with van der Waals surface area (Å²) in [5, 5.41) is 6.53. The van der Waals surface area contributed by atoms with Crippen molar-refractivity contribution >= 4 is 28.8 Å². The molecule has 3 rings (SSSR count). The summed E-state index contributed by atoms with van der Waals surface area (Å²) in [5.41, 5.74) is 3.00. The second-order valence-electron chi connectivity index (χ2n) is 5.42. The lowest BCUT2D eigenvalue weighted by atomic mass is 10.1. The first-order chi connectivity index (χ1) is 11.7. The Labute approximate surface area is 150 Å². The number of nitrogens with zero attached hydrogens (tertiary/aromatic N) is 1. The second-order valence-corrected chi connectivity index (χ2v) is 6.71. The molecule has 0 saturated carbocycles. The normalized spacial score (nSPS) is 10.5. The van der Waals surface area contributed by atoms with Crippen molar-refractivity contribution in [3.8, 4) is 10.6 Å². The zero-order valence-corrected chi connectivity index (χ0v) is 14.6. The minimum Gasteiger partial charge on any atom is -0.355 e. The molecule has 0 atom stereocenters. The number of amides is 1. The van der Waals surface area contributed by atoms with Crippen LogP contribution in [0, 0.1) is 0 Å². The summed E-state index contributed by atoms with van der Waals surface area (Å²) in [4.78, 5) is 16.6. The van der Waals surface area contributed by atoms with E-state index in [-0.39, 0.29) is 5.91 Å². The van der Waals surface area contributed by atoms with Crippen LogP contribution in [-0.2, 0) is 17.6 Å². The average Bonchev–Trinajstić information content (AvgIpc) is 3.04. The molecule has 0 saturated heterocycles. The van der Waals surface area contributed by atoms with Crippen molar-refractivity contribution in [1.82, 2.24) is 10.3 Å². The number of carbonyl (C=O) groups excluding carboxylic acids is 1. The van der Waals surface area contributed by atoms with Gasteiger partial charge in [-0.25, -0.2) is 4.98 Å². The average molecular weight is 357 g/mol. The lowest BCUT2D eigenvalue weighted by Crippen LogP contribution is -2.27. The van der Waals surface area contributed by atoms with Crippen LogP contribution in [0.4, 0.5) is 0 Å². The van der Waals surface area contributed by atoms with Gasteiger partial charge in [-0.15, -0.1) is 11.3 Å². The second kappa shape index (κ2) is 8.08. The molecule has 0 fully saturated rings. The maximum atomic E-state index is 12.0. The van der Waals surface area contributed by atoms with Gasteiger partial charge in [0.05, 0.1) is 12.1 Å². The lowest BCUT2D eigenvalue weighted by molar-refractivity contribution is -0.120. The molecule has 2 aromatic carbocycles. The molecule has 1 aromatic heterocycles. The molecule has 5 heteroatoms. The van der Waals surface area contributed by atoms with Crippen LogP contribution < -0.4 is 5.32 Å². The van der Waals surface area contributed by atoms with Gasteiger partial charge in [-0.2, -0.15) is 0 Å². The highest BCUT2D eigenvalue weighted by Crippen LogP contribution is 2.23. The van der Waals surface area contributed by atoms with Crippen molar-refractivity contribution in [1.29, 1.82) is 0 Å². The van der Waals surface area contributed by atoms with Gasteiger partial charge in [-0.3, -0.25) is 4.79 Å². The lowest BCUT2D eigenvalue weighted by Gasteiger charge is -2.04. The first-order valence-corrected chi connectivity index (χ1v) is 8.97. The van der Waals surface area contributed by atoms with Gasteiger partial charge in [0.15, 0.2) is 0 Å². The van der Waals surface area contributed by atoms with Crippen molar-refractivity contribution in [2.24, 2.45) is 0 Å². The van der Waals surface area contributed by atoms with Crippen LogP contribution in [0.5, 0.6) is 0 Å². The van der Waals surface area contributed by atoms with Gasteiger partial charge >= 0.3 is 0 Å². The van der Waals surface area contributed by atoms with E-state index in [1.54, 1.807) is 11.3 Å². The number of rotatable bonds is 6. The van der Waals surface area contributed by atoms with Crippen LogP contribution >= 0.6 is 22.9 Å². The maximum Gasteiger partial charge on any atom is 0.226 e. The maximum absolute atomic E-state index is 12.0. The molecule has 0 spiro atoms. The van der Waals surface area contributed by atoms with Crippen LogP contribution in [-0.4, -0.2) is 17.4 Å². The summed E-state index contributed by atoms with van der Waals surface area (Å²) in [5.74, 6) is -0.0121. The van der Waals surface area contributed by atoms with E-state index in [1.165, 1.54) is 0 Å². The molecule has 122 valence electrons. The quantitative estimate of drug-likeness (QED) is 0.712. The number of halogens is 1. The third-order valence-corrected chi connectivity index (χ3v) is 4.71. The smallest absolute Gasteiger partial charge is 0.226 e. The van der Waals surface area contributed by atoms with Crippen LogP contribution in [0.3, 0.4) is 0 Å². The number of aromatic nitrogens is 1. The van der Waals surface area contributed by atoms with Gasteiger partial charge in [-0.1, -0.05) is 54.1 Å². The summed E-state index contributed by atoms with van der Waals surface area (Å²) >= 11 is 7.51. The van der Waals surface area contributed by atoms with E-state index in [0.29, 0.717) is 13.0 Å². The van der Waals surface area contributed by atoms with Crippen molar-refractivity contribution in [2.75, 3.05) is 6.54 Å². The molecule has 24 heavy (non-hydrogen) atoms. The van der Waals surface area contributed by atoms with Gasteiger partial charge in [0.1, 0.15) is 5.01 Å². The van der Waals surface area contributed by atoms with Gasteiger partial charge < -0.3 is 5.32 Å². The molecule has 0 aliphatic carbocycles. The fourth-order valence-corrected chi connectivity index (χ4v) is 3.41. The number of hydrogen-bond acceptors (Lipinski definition) is 3. The standard InChI is InChI=1S/C19H17ClN2OS/c20-16-8-4-5-14(11-16)9-10-21-18(23)12-17-13-24-19(22-17)15-6-2-1-3-7-15/h1-8,11,13H,9-10,12H2,(H,21,23). The van der Waals surface area contributed by atoms with Crippen molar-refractivity contribution < 1.29 is 4.79 Å². The van der Waals surface area contributed by atoms with Gasteiger partial charge in [0, 0.05) is 22.5 Å². The summed E-state index contributed by atoms with van der Waals surface area (Å²) in [6.07, 6.45) is 1.07. The Morgan fingerprint density at radius 3 is 2.75 bits per heavy atom. The predicted molar refractivity (Wildman–Crippen MR) is 99.4 cm³/mol. The molecule has 0 aliphatic rings. The van der Waals surface area contributed by atoms with E-state index in [0.717, 1.165) is 33.3 Å². The third-order valence-electron chi connectivity index (χ3n) is 3.54. The fraction of sp³-hybridized carbons (Fsp3) is 0.158. The number of thiazole rings is 1. The van der Waals surface area contributed by atoms with Crippen molar-refractivity contribution in [3.63, 3.8) is 0 Å². The molecule has 1 heterocycles. The highest BCUT2D eigenvalue weighted by Gasteiger charge is 2.08. The Hall–Kier alpha value is -2.17. The van der Waals surface area contributed by atoms with Crippen LogP contribution in [0.15, 0.2) is 60.0 Å². The molecule has 0 radical (unpaired) electrons. The highest BCUT2D eigenvalue weighted by molar-refractivity contribution is 7.13. The summed E-state index contributed by atoms with van der Waals surface area (Å²) in [6, 6.07) is 17.7. The molecule has 0 aliphatic heterocycles. The zero-order chi connectivity index (χ0) is 16.8. The first kappa shape index (κ1) is 16.7. The van der Waals surface area contributed by atoms with E-state index in [9.17, 15) is 4.79 Å². The summed E-state index contributed by atoms with van der Waals surface area (Å²) in [7, 11) is 0. The molecule has 0 bridgehead atoms. The Kier molecular flexibility index (Phi) is 5.62. The molecular formula is C19H17ClN2OS. The largest absolute Gasteiger partial charge is 0.355 e. The third kappa shape index (κ3) is 4.66. The van der Waals surface area contributed by atoms with Crippen molar-refractivity contribution in [3.05, 3.63) is 76.3 Å². The van der Waals surface area contributed by atoms with E-state index in [2.05, 4.69) is 10.3 Å². The number of nitrogens with one attached hydrogen (secondary N) is 1. The minimum absolute atomic E-state index is 0.0121. The van der Waals surface area contributed by atoms with Crippen LogP contribution in [0.25, 0.3) is 10.6 Å². The highest BCUT2D eigenvalue weighted by atomic mass is 35.5. The Bertz CT molecular complexity index is 817. The summed E-state index contributed by atoms with van der Waals surface area (Å²) < 4.78 is 0. The number of benzene rings is 2. The molecular weight excluding hydrogens is 340 g/mol. The summed E-state index contributed by atoms with van der Waals surface area (Å²) in [6.45, 7) is 0.592. The van der Waals surface area contributed by atoms with E-state index < -0.39 is 0 Å². The van der Waals surface area contributed by atoms with E-state index in [1.807, 2.05) is 60.0 Å². The first-order valence-electron chi connectivity index (χ1n) is 7.72. The van der Waals surface area contributed by atoms with Crippen molar-refractivity contribution in [2.45, 2.75) is 12.8 Å². The van der Waals surface area contributed by atoms with Gasteiger partial charge in [0.25, 0.3) is 0 Å². The minimum atomic E-state index is -0.0121. The number of carbonyl (C=O) groups is 1. The Balaban J connectivity index is 1.49.